The maximum absolute atomic E-state index is 13.3. The number of anilines is 2. The van der Waals surface area contributed by atoms with E-state index in [1.807, 2.05) is 12.1 Å². The van der Waals surface area contributed by atoms with Crippen LogP contribution < -0.4 is 10.2 Å². The summed E-state index contributed by atoms with van der Waals surface area (Å²) in [5.74, 6) is -0.237. The van der Waals surface area contributed by atoms with Gasteiger partial charge in [0.05, 0.1) is 23.5 Å². The lowest BCUT2D eigenvalue weighted by Gasteiger charge is -2.32. The summed E-state index contributed by atoms with van der Waals surface area (Å²) >= 11 is 1.39. The van der Waals surface area contributed by atoms with Crippen LogP contribution in [0.2, 0.25) is 0 Å². The Morgan fingerprint density at radius 3 is 2.45 bits per heavy atom. The number of hydrogen-bond acceptors (Lipinski definition) is 3. The second-order valence-electron chi connectivity index (χ2n) is 7.20. The van der Waals surface area contributed by atoms with Crippen LogP contribution in [0.25, 0.3) is 0 Å². The summed E-state index contributed by atoms with van der Waals surface area (Å²) in [6.45, 7) is 0.110. The fourth-order valence-electron chi connectivity index (χ4n) is 3.82. The number of nitrogens with zero attached hydrogens (tertiary/aromatic N) is 1. The molecule has 1 saturated carbocycles. The Bertz CT molecular complexity index is 884. The van der Waals surface area contributed by atoms with Crippen LogP contribution in [0.4, 0.5) is 24.5 Å². The quantitative estimate of drug-likeness (QED) is 0.616. The molecule has 0 spiro atoms. The summed E-state index contributed by atoms with van der Waals surface area (Å²) in [6, 6.07) is 11.2. The molecule has 156 valence electrons. The average Bonchev–Trinajstić information content (AvgIpc) is 2.70. The van der Waals surface area contributed by atoms with E-state index in [1.54, 1.807) is 12.1 Å². The van der Waals surface area contributed by atoms with Crippen molar-refractivity contribution in [2.75, 3.05) is 11.4 Å². The lowest BCUT2D eigenvalue weighted by atomic mass is 9.95. The van der Waals surface area contributed by atoms with E-state index in [2.05, 4.69) is 5.32 Å². The molecular formula is C21H22ClF3N2OS. The van der Waals surface area contributed by atoms with Crippen molar-refractivity contribution < 1.29 is 18.0 Å². The minimum Gasteiger partial charge on any atom is -0.306 e. The van der Waals surface area contributed by atoms with E-state index in [4.69, 9.17) is 0 Å². The van der Waals surface area contributed by atoms with Gasteiger partial charge in [-0.05, 0) is 43.2 Å². The van der Waals surface area contributed by atoms with Crippen LogP contribution in [0.1, 0.15) is 37.7 Å². The number of hydrogen-bond donors (Lipinski definition) is 1. The zero-order valence-electron chi connectivity index (χ0n) is 15.7. The minimum atomic E-state index is -4.45. The number of para-hydroxylation sites is 1. The Morgan fingerprint density at radius 2 is 1.72 bits per heavy atom. The Balaban J connectivity index is 0.00000240. The Labute approximate surface area is 178 Å². The standard InChI is InChI=1S/C21H21F3N2OS.ClH/c22-21(23,24)14-10-11-19-17(12-14)26(16-8-4-5-9-18(16)28-19)20(27)13-25-15-6-2-1-3-7-15;/h4-5,8-12,15,25H,1-3,6-7,13H2;1H. The number of amides is 1. The molecule has 0 atom stereocenters. The van der Waals surface area contributed by atoms with Crippen molar-refractivity contribution >= 4 is 41.5 Å². The van der Waals surface area contributed by atoms with Crippen molar-refractivity contribution in [2.45, 2.75) is 54.1 Å². The van der Waals surface area contributed by atoms with Crippen molar-refractivity contribution in [3.63, 3.8) is 0 Å². The molecule has 29 heavy (non-hydrogen) atoms. The third-order valence-corrected chi connectivity index (χ3v) is 6.38. The van der Waals surface area contributed by atoms with Crippen LogP contribution in [0, 0.1) is 0 Å². The number of benzene rings is 2. The Kier molecular flexibility index (Phi) is 6.81. The van der Waals surface area contributed by atoms with Crippen LogP contribution in [0.5, 0.6) is 0 Å². The first-order valence-electron chi connectivity index (χ1n) is 9.48. The largest absolute Gasteiger partial charge is 0.416 e. The number of nitrogens with one attached hydrogen (secondary N) is 1. The van der Waals surface area contributed by atoms with Gasteiger partial charge in [-0.15, -0.1) is 12.4 Å². The molecule has 2 aromatic carbocycles. The van der Waals surface area contributed by atoms with Crippen molar-refractivity contribution in [2.24, 2.45) is 0 Å². The molecule has 1 heterocycles. The third-order valence-electron chi connectivity index (χ3n) is 5.25. The van der Waals surface area contributed by atoms with Gasteiger partial charge in [-0.25, -0.2) is 0 Å². The third kappa shape index (κ3) is 4.73. The van der Waals surface area contributed by atoms with Crippen molar-refractivity contribution in [3.8, 4) is 0 Å². The summed E-state index contributed by atoms with van der Waals surface area (Å²) in [5.41, 5.74) is 0.188. The van der Waals surface area contributed by atoms with Crippen LogP contribution in [0.15, 0.2) is 52.3 Å². The van der Waals surface area contributed by atoms with Gasteiger partial charge in [0.2, 0.25) is 5.91 Å². The van der Waals surface area contributed by atoms with E-state index < -0.39 is 11.7 Å². The molecule has 0 unspecified atom stereocenters. The molecule has 1 N–H and O–H groups in total. The highest BCUT2D eigenvalue weighted by atomic mass is 35.5. The number of alkyl halides is 3. The fraction of sp³-hybridized carbons (Fsp3) is 0.381. The van der Waals surface area contributed by atoms with E-state index in [0.717, 1.165) is 42.7 Å². The predicted octanol–water partition coefficient (Wildman–Crippen LogP) is 6.18. The number of halogens is 4. The molecule has 2 aliphatic rings. The van der Waals surface area contributed by atoms with Crippen LogP contribution in [-0.2, 0) is 11.0 Å². The second-order valence-corrected chi connectivity index (χ2v) is 8.28. The zero-order chi connectivity index (χ0) is 19.7. The zero-order valence-corrected chi connectivity index (χ0v) is 17.3. The van der Waals surface area contributed by atoms with Gasteiger partial charge in [0.1, 0.15) is 0 Å². The van der Waals surface area contributed by atoms with Crippen molar-refractivity contribution in [1.29, 1.82) is 0 Å². The number of carbonyl (C=O) groups excluding carboxylic acids is 1. The number of carbonyl (C=O) groups is 1. The molecule has 0 aromatic heterocycles. The van der Waals surface area contributed by atoms with Gasteiger partial charge in [-0.1, -0.05) is 43.2 Å². The summed E-state index contributed by atoms with van der Waals surface area (Å²) in [6.07, 6.45) is 1.13. The van der Waals surface area contributed by atoms with Crippen LogP contribution in [0.3, 0.4) is 0 Å². The predicted molar refractivity (Wildman–Crippen MR) is 111 cm³/mol. The highest BCUT2D eigenvalue weighted by Crippen LogP contribution is 2.49. The second kappa shape index (κ2) is 8.98. The molecule has 2 aromatic rings. The van der Waals surface area contributed by atoms with E-state index >= 15 is 0 Å². The van der Waals surface area contributed by atoms with Crippen LogP contribution in [-0.4, -0.2) is 18.5 Å². The molecule has 3 nitrogen and oxygen atoms in total. The first-order valence-corrected chi connectivity index (χ1v) is 10.3. The number of fused-ring (bicyclic) bond motifs is 2. The first-order chi connectivity index (χ1) is 13.4. The highest BCUT2D eigenvalue weighted by Gasteiger charge is 2.34. The highest BCUT2D eigenvalue weighted by molar-refractivity contribution is 7.99. The van der Waals surface area contributed by atoms with Gasteiger partial charge in [-0.2, -0.15) is 13.2 Å². The molecule has 1 fully saturated rings. The maximum atomic E-state index is 13.3. The lowest BCUT2D eigenvalue weighted by Crippen LogP contribution is -2.41. The van der Waals surface area contributed by atoms with E-state index in [0.29, 0.717) is 22.3 Å². The molecule has 8 heteroatoms. The smallest absolute Gasteiger partial charge is 0.306 e. The average molecular weight is 443 g/mol. The summed E-state index contributed by atoms with van der Waals surface area (Å²) in [7, 11) is 0. The summed E-state index contributed by atoms with van der Waals surface area (Å²) < 4.78 is 39.8. The van der Waals surface area contributed by atoms with Crippen LogP contribution >= 0.6 is 24.2 Å². The van der Waals surface area contributed by atoms with Gasteiger partial charge in [0.15, 0.2) is 0 Å². The van der Waals surface area contributed by atoms with Gasteiger partial charge >= 0.3 is 6.18 Å². The molecule has 1 aliphatic carbocycles. The Hall–Kier alpha value is -1.70. The van der Waals surface area contributed by atoms with Gasteiger partial charge < -0.3 is 5.32 Å². The topological polar surface area (TPSA) is 32.3 Å². The molecular weight excluding hydrogens is 421 g/mol. The van der Waals surface area contributed by atoms with Gasteiger partial charge in [0.25, 0.3) is 0 Å². The van der Waals surface area contributed by atoms with E-state index in [9.17, 15) is 18.0 Å². The van der Waals surface area contributed by atoms with Gasteiger partial charge in [0, 0.05) is 15.8 Å². The fourth-order valence-corrected chi connectivity index (χ4v) is 4.86. The minimum absolute atomic E-state index is 0. The first kappa shape index (κ1) is 22.0. The normalized spacial score (nSPS) is 16.6. The Morgan fingerprint density at radius 1 is 1.03 bits per heavy atom. The van der Waals surface area contributed by atoms with Crippen molar-refractivity contribution in [1.82, 2.24) is 5.32 Å². The molecule has 0 saturated heterocycles. The van der Waals surface area contributed by atoms with Gasteiger partial charge in [-0.3, -0.25) is 9.69 Å². The molecule has 4 rings (SSSR count). The lowest BCUT2D eigenvalue weighted by molar-refractivity contribution is -0.137. The summed E-state index contributed by atoms with van der Waals surface area (Å²) in [4.78, 5) is 16.0. The monoisotopic (exact) mass is 442 g/mol. The maximum Gasteiger partial charge on any atom is 0.416 e. The molecule has 1 aliphatic heterocycles. The summed E-state index contributed by atoms with van der Waals surface area (Å²) in [5, 5.41) is 3.30. The van der Waals surface area contributed by atoms with E-state index in [-0.39, 0.29) is 24.9 Å². The number of rotatable bonds is 3. The van der Waals surface area contributed by atoms with E-state index in [1.165, 1.54) is 29.1 Å². The molecule has 1 amide bonds. The molecule has 0 radical (unpaired) electrons. The SMILES string of the molecule is Cl.O=C(CNC1CCCCC1)N1c2ccccc2Sc2ccc(C(F)(F)F)cc21. The molecule has 0 bridgehead atoms. The van der Waals surface area contributed by atoms with Crippen molar-refractivity contribution in [3.05, 3.63) is 48.0 Å².